The van der Waals surface area contributed by atoms with Gasteiger partial charge in [-0.05, 0) is 99.6 Å². The minimum atomic E-state index is -0.972. The number of amides is 1. The number of likely N-dealkylation sites (tertiary alicyclic amines) is 1. The molecule has 0 aromatic heterocycles. The van der Waals surface area contributed by atoms with Gasteiger partial charge >= 0.3 is 11.9 Å². The summed E-state index contributed by atoms with van der Waals surface area (Å²) >= 11 is 0. The summed E-state index contributed by atoms with van der Waals surface area (Å²) in [4.78, 5) is 41.6. The number of nitrogens with zero attached hydrogens (tertiary/aromatic N) is 2. The van der Waals surface area contributed by atoms with Crippen molar-refractivity contribution in [1.82, 2.24) is 9.80 Å². The van der Waals surface area contributed by atoms with Gasteiger partial charge in [-0.3, -0.25) is 14.5 Å². The fourth-order valence-electron chi connectivity index (χ4n) is 10.6. The largest absolute Gasteiger partial charge is 0.462 e. The van der Waals surface area contributed by atoms with Gasteiger partial charge in [-0.25, -0.2) is 4.79 Å². The van der Waals surface area contributed by atoms with Crippen LogP contribution in [0.3, 0.4) is 0 Å². The summed E-state index contributed by atoms with van der Waals surface area (Å²) in [5.41, 5.74) is -0.483. The predicted molar refractivity (Wildman–Crippen MR) is 149 cm³/mol. The van der Waals surface area contributed by atoms with Gasteiger partial charge in [0.05, 0.1) is 12.1 Å². The molecule has 8 heteroatoms. The van der Waals surface area contributed by atoms with Gasteiger partial charge in [0.1, 0.15) is 12.7 Å². The normalized spacial score (nSPS) is 44.7. The van der Waals surface area contributed by atoms with Crippen molar-refractivity contribution in [2.75, 3.05) is 33.3 Å². The summed E-state index contributed by atoms with van der Waals surface area (Å²) in [6, 6.07) is 0.290. The molecule has 40 heavy (non-hydrogen) atoms. The van der Waals surface area contributed by atoms with Gasteiger partial charge in [0.2, 0.25) is 5.91 Å². The van der Waals surface area contributed by atoms with Crippen LogP contribution in [0.5, 0.6) is 0 Å². The van der Waals surface area contributed by atoms with Crippen molar-refractivity contribution in [3.63, 3.8) is 0 Å². The van der Waals surface area contributed by atoms with Crippen molar-refractivity contribution in [2.45, 2.75) is 103 Å². The zero-order valence-corrected chi connectivity index (χ0v) is 24.8. The van der Waals surface area contributed by atoms with Crippen molar-refractivity contribution in [2.24, 2.45) is 34.5 Å². The lowest BCUT2D eigenvalue weighted by Crippen LogP contribution is -2.62. The summed E-state index contributed by atoms with van der Waals surface area (Å²) < 4.78 is 11.1. The second-order valence-corrected chi connectivity index (χ2v) is 14.4. The van der Waals surface area contributed by atoms with Crippen LogP contribution in [0.2, 0.25) is 0 Å². The Morgan fingerprint density at radius 2 is 1.88 bits per heavy atom. The van der Waals surface area contributed by atoms with Crippen LogP contribution in [0.25, 0.3) is 0 Å². The molecule has 0 bridgehead atoms. The van der Waals surface area contributed by atoms with Crippen LogP contribution >= 0.6 is 0 Å². The van der Waals surface area contributed by atoms with Crippen molar-refractivity contribution in [3.8, 4) is 0 Å². The zero-order chi connectivity index (χ0) is 28.4. The van der Waals surface area contributed by atoms with E-state index in [0.29, 0.717) is 24.8 Å². The number of aliphatic hydroxyl groups is 1. The van der Waals surface area contributed by atoms with Crippen LogP contribution in [0, 0.1) is 34.5 Å². The molecule has 6 aliphatic rings. The Labute approximate surface area is 238 Å². The Balaban J connectivity index is 1.21. The van der Waals surface area contributed by atoms with E-state index >= 15 is 0 Å². The molecule has 9 atom stereocenters. The molecule has 9 unspecified atom stereocenters. The molecule has 1 amide bonds. The highest BCUT2D eigenvalue weighted by molar-refractivity contribution is 5.85. The number of hydrogen-bond acceptors (Lipinski definition) is 7. The van der Waals surface area contributed by atoms with Crippen LogP contribution in [-0.2, 0) is 23.9 Å². The Bertz CT molecular complexity index is 1090. The molecular formula is C32H48N2O6. The number of cyclic esters (lactones) is 1. The average molecular weight is 557 g/mol. The maximum atomic E-state index is 13.1. The predicted octanol–water partition coefficient (Wildman–Crippen LogP) is 3.71. The molecule has 0 aromatic carbocycles. The highest BCUT2D eigenvalue weighted by Gasteiger charge is 2.71. The Morgan fingerprint density at radius 1 is 1.12 bits per heavy atom. The van der Waals surface area contributed by atoms with Crippen molar-refractivity contribution in [3.05, 3.63) is 11.6 Å². The molecule has 6 rings (SSSR count). The number of rotatable bonds is 5. The van der Waals surface area contributed by atoms with E-state index in [0.717, 1.165) is 63.6 Å². The minimum Gasteiger partial charge on any atom is -0.462 e. The van der Waals surface area contributed by atoms with Crippen molar-refractivity contribution in [1.29, 1.82) is 0 Å². The molecule has 0 aromatic rings. The first-order valence-corrected chi connectivity index (χ1v) is 15.7. The molecule has 4 saturated carbocycles. The molecule has 0 spiro atoms. The summed E-state index contributed by atoms with van der Waals surface area (Å²) in [6.45, 7) is 8.87. The number of carbonyl (C=O) groups excluding carboxylic acids is 3. The van der Waals surface area contributed by atoms with Gasteiger partial charge in [-0.2, -0.15) is 0 Å². The van der Waals surface area contributed by atoms with Gasteiger partial charge in [0.15, 0.2) is 0 Å². The molecule has 1 saturated heterocycles. The third-order valence-electron chi connectivity index (χ3n) is 12.7. The van der Waals surface area contributed by atoms with E-state index in [4.69, 9.17) is 9.47 Å². The van der Waals surface area contributed by atoms with E-state index < -0.39 is 17.1 Å². The summed E-state index contributed by atoms with van der Waals surface area (Å²) in [7, 11) is 2.01. The van der Waals surface area contributed by atoms with E-state index in [2.05, 4.69) is 18.7 Å². The summed E-state index contributed by atoms with van der Waals surface area (Å²) in [5.74, 6) is 0.392. The van der Waals surface area contributed by atoms with E-state index in [1.165, 1.54) is 19.8 Å². The van der Waals surface area contributed by atoms with Crippen LogP contribution in [-0.4, -0.2) is 83.8 Å². The number of hydrogen-bond donors (Lipinski definition) is 1. The maximum absolute atomic E-state index is 13.1. The highest BCUT2D eigenvalue weighted by atomic mass is 16.5. The quantitative estimate of drug-likeness (QED) is 0.516. The van der Waals surface area contributed by atoms with Crippen molar-refractivity contribution >= 4 is 17.8 Å². The molecule has 5 fully saturated rings. The van der Waals surface area contributed by atoms with Gasteiger partial charge in [0.25, 0.3) is 0 Å². The average Bonchev–Trinajstić information content (AvgIpc) is 3.61. The fourth-order valence-corrected chi connectivity index (χ4v) is 10.6. The SMILES string of the molecule is CC(=O)OC1CC2(O)C3CCC4CC(N(C)C(=O)CN5CCCC5)CCC4(C)C3CCC2(C)C1C1=CC(=O)OC1. The molecule has 4 aliphatic carbocycles. The van der Waals surface area contributed by atoms with E-state index in [1.807, 2.05) is 11.9 Å². The fraction of sp³-hybridized carbons (Fsp3) is 0.844. The first kappa shape index (κ1) is 28.2. The van der Waals surface area contributed by atoms with E-state index in [1.54, 1.807) is 6.08 Å². The third kappa shape index (κ3) is 4.34. The maximum Gasteiger partial charge on any atom is 0.331 e. The smallest absolute Gasteiger partial charge is 0.331 e. The monoisotopic (exact) mass is 556 g/mol. The minimum absolute atomic E-state index is 0.121. The first-order valence-electron chi connectivity index (χ1n) is 15.7. The topological polar surface area (TPSA) is 96.4 Å². The second-order valence-electron chi connectivity index (χ2n) is 14.4. The first-order chi connectivity index (χ1) is 19.0. The Kier molecular flexibility index (Phi) is 7.13. The number of esters is 2. The molecule has 222 valence electrons. The number of fused-ring (bicyclic) bond motifs is 5. The lowest BCUT2D eigenvalue weighted by atomic mass is 9.43. The van der Waals surface area contributed by atoms with E-state index in [9.17, 15) is 19.5 Å². The zero-order valence-electron chi connectivity index (χ0n) is 24.8. The van der Waals surface area contributed by atoms with Gasteiger partial charge in [0, 0.05) is 43.8 Å². The summed E-state index contributed by atoms with van der Waals surface area (Å²) in [6.07, 6.45) is 10.9. The van der Waals surface area contributed by atoms with Gasteiger partial charge in [-0.15, -0.1) is 0 Å². The van der Waals surface area contributed by atoms with Crippen LogP contribution in [0.15, 0.2) is 11.6 Å². The third-order valence-corrected chi connectivity index (χ3v) is 12.7. The van der Waals surface area contributed by atoms with Gasteiger partial charge in [-0.1, -0.05) is 13.8 Å². The van der Waals surface area contributed by atoms with Crippen LogP contribution < -0.4 is 0 Å². The highest BCUT2D eigenvalue weighted by Crippen LogP contribution is 2.70. The second kappa shape index (κ2) is 10.1. The van der Waals surface area contributed by atoms with Crippen molar-refractivity contribution < 1.29 is 29.0 Å². The lowest BCUT2D eigenvalue weighted by molar-refractivity contribution is -0.206. The van der Waals surface area contributed by atoms with E-state index in [-0.39, 0.29) is 47.7 Å². The molecule has 0 radical (unpaired) electrons. The molecular weight excluding hydrogens is 508 g/mol. The molecule has 8 nitrogen and oxygen atoms in total. The summed E-state index contributed by atoms with van der Waals surface area (Å²) in [5, 5.41) is 12.7. The molecule has 2 aliphatic heterocycles. The Hall–Kier alpha value is -1.93. The molecule has 1 N–H and O–H groups in total. The number of ether oxygens (including phenoxy) is 2. The lowest BCUT2D eigenvalue weighted by Gasteiger charge is -2.64. The van der Waals surface area contributed by atoms with Crippen LogP contribution in [0.4, 0.5) is 0 Å². The number of carbonyl (C=O) groups is 3. The van der Waals surface area contributed by atoms with Crippen LogP contribution in [0.1, 0.15) is 85.0 Å². The standard InChI is InChI=1S/C32H48N2O6/c1-20(35)40-26-17-32(38)25-8-7-22-16-23(33(4)27(36)18-34-13-5-6-14-34)9-11-30(22,2)24(25)10-12-31(32,3)29(26)21-15-28(37)39-19-21/h15,22-26,29,38H,5-14,16-19H2,1-4H3. The number of likely N-dealkylation sites (N-methyl/N-ethyl adjacent to an activating group) is 1. The van der Waals surface area contributed by atoms with Gasteiger partial charge < -0.3 is 19.5 Å². The Morgan fingerprint density at radius 3 is 2.55 bits per heavy atom. The molecule has 2 heterocycles.